The smallest absolute Gasteiger partial charge is 0.337 e. The van der Waals surface area contributed by atoms with Crippen molar-refractivity contribution >= 4 is 11.8 Å². The molecular formula is C17H18O3. The molecule has 0 heterocycles. The zero-order valence-electron chi connectivity index (χ0n) is 11.6. The SMILES string of the molecule is COC(=O)c1ccc2c(c1)CC/C(=C\C1CCC1)C2=O. The maximum absolute atomic E-state index is 12.5. The third-order valence-electron chi connectivity index (χ3n) is 4.31. The summed E-state index contributed by atoms with van der Waals surface area (Å²) in [6.07, 6.45) is 7.48. The zero-order chi connectivity index (χ0) is 14.1. The summed E-state index contributed by atoms with van der Waals surface area (Å²) in [5.41, 5.74) is 3.18. The van der Waals surface area contributed by atoms with Gasteiger partial charge in [-0.05, 0) is 60.9 Å². The molecule has 0 bridgehead atoms. The zero-order valence-corrected chi connectivity index (χ0v) is 11.6. The lowest BCUT2D eigenvalue weighted by Crippen LogP contribution is -2.18. The molecule has 0 amide bonds. The average molecular weight is 270 g/mol. The molecule has 0 radical (unpaired) electrons. The summed E-state index contributed by atoms with van der Waals surface area (Å²) in [7, 11) is 1.37. The Morgan fingerprint density at radius 3 is 2.75 bits per heavy atom. The minimum absolute atomic E-state index is 0.134. The Hall–Kier alpha value is -1.90. The number of rotatable bonds is 2. The summed E-state index contributed by atoms with van der Waals surface area (Å²) in [4.78, 5) is 24.0. The van der Waals surface area contributed by atoms with E-state index in [0.717, 1.165) is 29.5 Å². The van der Waals surface area contributed by atoms with Crippen molar-refractivity contribution in [2.45, 2.75) is 32.1 Å². The molecule has 2 aliphatic rings. The van der Waals surface area contributed by atoms with Crippen LogP contribution in [-0.4, -0.2) is 18.9 Å². The predicted molar refractivity (Wildman–Crippen MR) is 75.9 cm³/mol. The molecule has 104 valence electrons. The van der Waals surface area contributed by atoms with Crippen LogP contribution in [0.15, 0.2) is 29.8 Å². The van der Waals surface area contributed by atoms with E-state index in [9.17, 15) is 9.59 Å². The third kappa shape index (κ3) is 2.28. The van der Waals surface area contributed by atoms with Crippen LogP contribution in [-0.2, 0) is 11.2 Å². The number of esters is 1. The standard InChI is InChI=1S/C17H18O3/c1-20-17(19)14-7-8-15-12(10-14)5-6-13(16(15)18)9-11-3-2-4-11/h7-11H,2-6H2,1H3/b13-9+. The highest BCUT2D eigenvalue weighted by Crippen LogP contribution is 2.32. The van der Waals surface area contributed by atoms with Gasteiger partial charge in [-0.25, -0.2) is 4.79 Å². The van der Waals surface area contributed by atoms with Crippen molar-refractivity contribution in [3.05, 3.63) is 46.5 Å². The quantitative estimate of drug-likeness (QED) is 0.611. The Morgan fingerprint density at radius 2 is 2.10 bits per heavy atom. The molecule has 1 aromatic rings. The van der Waals surface area contributed by atoms with Gasteiger partial charge in [-0.3, -0.25) is 4.79 Å². The molecule has 0 aromatic heterocycles. The van der Waals surface area contributed by atoms with Crippen molar-refractivity contribution in [3.63, 3.8) is 0 Å². The molecule has 1 fully saturated rings. The molecule has 3 rings (SSSR count). The van der Waals surface area contributed by atoms with E-state index in [0.29, 0.717) is 11.5 Å². The van der Waals surface area contributed by atoms with Crippen LogP contribution >= 0.6 is 0 Å². The first kappa shape index (κ1) is 13.1. The second-order valence-electron chi connectivity index (χ2n) is 5.58. The Labute approximate surface area is 118 Å². The number of carbonyl (C=O) groups is 2. The van der Waals surface area contributed by atoms with Gasteiger partial charge in [0.05, 0.1) is 12.7 Å². The lowest BCUT2D eigenvalue weighted by Gasteiger charge is -2.25. The fraction of sp³-hybridized carbons (Fsp3) is 0.412. The lowest BCUT2D eigenvalue weighted by molar-refractivity contribution is 0.0600. The molecule has 20 heavy (non-hydrogen) atoms. The van der Waals surface area contributed by atoms with E-state index < -0.39 is 0 Å². The molecule has 2 aliphatic carbocycles. The minimum Gasteiger partial charge on any atom is -0.465 e. The Bertz CT molecular complexity index is 594. The summed E-state index contributed by atoms with van der Waals surface area (Å²) >= 11 is 0. The van der Waals surface area contributed by atoms with E-state index in [2.05, 4.69) is 6.08 Å². The van der Waals surface area contributed by atoms with Gasteiger partial charge in [-0.15, -0.1) is 0 Å². The lowest BCUT2D eigenvalue weighted by atomic mass is 9.79. The van der Waals surface area contributed by atoms with Crippen LogP contribution in [0.25, 0.3) is 0 Å². The van der Waals surface area contributed by atoms with Gasteiger partial charge in [-0.2, -0.15) is 0 Å². The third-order valence-corrected chi connectivity index (χ3v) is 4.31. The highest BCUT2D eigenvalue weighted by molar-refractivity contribution is 6.11. The van der Waals surface area contributed by atoms with E-state index in [4.69, 9.17) is 4.74 Å². The number of hydrogen-bond donors (Lipinski definition) is 0. The fourth-order valence-corrected chi connectivity index (χ4v) is 2.87. The molecule has 0 saturated heterocycles. The number of fused-ring (bicyclic) bond motifs is 1. The Balaban J connectivity index is 1.88. The summed E-state index contributed by atoms with van der Waals surface area (Å²) in [5, 5.41) is 0. The summed E-state index contributed by atoms with van der Waals surface area (Å²) in [5.74, 6) is 0.385. The number of ketones is 1. The van der Waals surface area contributed by atoms with E-state index in [1.165, 1.54) is 26.4 Å². The van der Waals surface area contributed by atoms with Crippen LogP contribution in [0.2, 0.25) is 0 Å². The van der Waals surface area contributed by atoms with Gasteiger partial charge in [0.25, 0.3) is 0 Å². The van der Waals surface area contributed by atoms with E-state index in [1.54, 1.807) is 18.2 Å². The molecular weight excluding hydrogens is 252 g/mol. The summed E-state index contributed by atoms with van der Waals surface area (Å²) < 4.78 is 4.71. The number of benzene rings is 1. The molecule has 0 unspecified atom stereocenters. The van der Waals surface area contributed by atoms with Crippen LogP contribution in [0.5, 0.6) is 0 Å². The largest absolute Gasteiger partial charge is 0.465 e. The number of Topliss-reactive ketones (excluding diaryl/α,β-unsaturated/α-hetero) is 1. The van der Waals surface area contributed by atoms with E-state index in [-0.39, 0.29) is 11.8 Å². The Kier molecular flexibility index (Phi) is 3.43. The first-order valence-electron chi connectivity index (χ1n) is 7.15. The highest BCUT2D eigenvalue weighted by Gasteiger charge is 2.25. The predicted octanol–water partition coefficient (Wildman–Crippen LogP) is 3.33. The van der Waals surface area contributed by atoms with Gasteiger partial charge in [0.1, 0.15) is 0 Å². The number of aryl methyl sites for hydroxylation is 1. The van der Waals surface area contributed by atoms with Gasteiger partial charge >= 0.3 is 5.97 Å². The number of carbonyl (C=O) groups excluding carboxylic acids is 2. The second kappa shape index (κ2) is 5.23. The van der Waals surface area contributed by atoms with Gasteiger partial charge < -0.3 is 4.74 Å². The van der Waals surface area contributed by atoms with Gasteiger partial charge in [0.2, 0.25) is 0 Å². The van der Waals surface area contributed by atoms with Crippen molar-refractivity contribution < 1.29 is 14.3 Å². The second-order valence-corrected chi connectivity index (χ2v) is 5.58. The first-order chi connectivity index (χ1) is 9.69. The van der Waals surface area contributed by atoms with Gasteiger partial charge in [0.15, 0.2) is 5.78 Å². The molecule has 1 aromatic carbocycles. The van der Waals surface area contributed by atoms with Crippen LogP contribution in [0.4, 0.5) is 0 Å². The molecule has 0 atom stereocenters. The molecule has 3 nitrogen and oxygen atoms in total. The monoisotopic (exact) mass is 270 g/mol. The molecule has 0 N–H and O–H groups in total. The number of hydrogen-bond acceptors (Lipinski definition) is 3. The maximum Gasteiger partial charge on any atom is 0.337 e. The van der Waals surface area contributed by atoms with Crippen molar-refractivity contribution in [3.8, 4) is 0 Å². The highest BCUT2D eigenvalue weighted by atomic mass is 16.5. The molecule has 3 heteroatoms. The van der Waals surface area contributed by atoms with Crippen LogP contribution < -0.4 is 0 Å². The topological polar surface area (TPSA) is 43.4 Å². The fourth-order valence-electron chi connectivity index (χ4n) is 2.87. The first-order valence-corrected chi connectivity index (χ1v) is 7.15. The van der Waals surface area contributed by atoms with Crippen molar-refractivity contribution in [1.29, 1.82) is 0 Å². The van der Waals surface area contributed by atoms with E-state index >= 15 is 0 Å². The molecule has 0 aliphatic heterocycles. The van der Waals surface area contributed by atoms with Crippen LogP contribution in [0.3, 0.4) is 0 Å². The van der Waals surface area contributed by atoms with Crippen molar-refractivity contribution in [2.24, 2.45) is 5.92 Å². The van der Waals surface area contributed by atoms with Gasteiger partial charge in [-0.1, -0.05) is 12.5 Å². The van der Waals surface area contributed by atoms with E-state index in [1.807, 2.05) is 0 Å². The number of allylic oxidation sites excluding steroid dienone is 2. The average Bonchev–Trinajstić information content (AvgIpc) is 2.43. The Morgan fingerprint density at radius 1 is 1.30 bits per heavy atom. The van der Waals surface area contributed by atoms with Crippen molar-refractivity contribution in [2.75, 3.05) is 7.11 Å². The van der Waals surface area contributed by atoms with Crippen molar-refractivity contribution in [1.82, 2.24) is 0 Å². The normalized spacial score (nSPS) is 20.4. The minimum atomic E-state index is -0.351. The maximum atomic E-state index is 12.5. The number of ether oxygens (including phenoxy) is 1. The van der Waals surface area contributed by atoms with Gasteiger partial charge in [0, 0.05) is 5.56 Å². The summed E-state index contributed by atoms with van der Waals surface area (Å²) in [6.45, 7) is 0. The number of methoxy groups -OCH3 is 1. The molecule has 0 spiro atoms. The van der Waals surface area contributed by atoms with Crippen LogP contribution in [0, 0.1) is 5.92 Å². The molecule has 1 saturated carbocycles. The van der Waals surface area contributed by atoms with Crippen LogP contribution in [0.1, 0.15) is 52.0 Å². The summed E-state index contributed by atoms with van der Waals surface area (Å²) in [6, 6.07) is 5.23.